The van der Waals surface area contributed by atoms with Crippen LogP contribution in [0.15, 0.2) is 36.4 Å². The van der Waals surface area contributed by atoms with Gasteiger partial charge in [-0.15, -0.1) is 0 Å². The number of ether oxygens (including phenoxy) is 4. The molecule has 2 saturated heterocycles. The third-order valence-corrected chi connectivity index (χ3v) is 9.60. The summed E-state index contributed by atoms with van der Waals surface area (Å²) in [5.74, 6) is 0.914. The van der Waals surface area contributed by atoms with E-state index in [0.29, 0.717) is 61.8 Å². The Morgan fingerprint density at radius 2 is 1.82 bits per heavy atom. The molecule has 2 aromatic carbocycles. The summed E-state index contributed by atoms with van der Waals surface area (Å²) in [5, 5.41) is 0. The third kappa shape index (κ3) is 6.57. The zero-order valence-electron chi connectivity index (χ0n) is 23.5. The lowest BCUT2D eigenvalue weighted by Gasteiger charge is -2.30. The summed E-state index contributed by atoms with van der Waals surface area (Å²) in [5.41, 5.74) is 3.04. The molecule has 2 aliphatic rings. The number of hydrogen-bond donors (Lipinski definition) is 0. The number of aryl methyl sites for hydroxylation is 2. The molecule has 0 spiro atoms. The first-order chi connectivity index (χ1) is 18.7. The number of carbonyl (C=O) groups excluding carboxylic acids is 1. The number of carbonyl (C=O) groups is 1. The van der Waals surface area contributed by atoms with Gasteiger partial charge in [-0.05, 0) is 55.0 Å². The molecule has 0 aliphatic carbocycles. The molecule has 0 aromatic heterocycles. The number of rotatable bonds is 10. The van der Waals surface area contributed by atoms with Crippen molar-refractivity contribution in [1.29, 1.82) is 0 Å². The Kier molecular flexibility index (Phi) is 9.53. The van der Waals surface area contributed by atoms with Crippen LogP contribution in [0.4, 0.5) is 0 Å². The molecule has 39 heavy (non-hydrogen) atoms. The molecule has 2 atom stereocenters. The summed E-state index contributed by atoms with van der Waals surface area (Å²) in [6, 6.07) is 11.0. The molecule has 1 amide bonds. The van der Waals surface area contributed by atoms with Crippen molar-refractivity contribution in [1.82, 2.24) is 9.21 Å². The van der Waals surface area contributed by atoms with E-state index in [4.69, 9.17) is 18.9 Å². The van der Waals surface area contributed by atoms with Crippen LogP contribution >= 0.6 is 0 Å². The number of likely N-dealkylation sites (tertiary alicyclic amines) is 1. The van der Waals surface area contributed by atoms with Crippen LogP contribution in [0.2, 0.25) is 0 Å². The van der Waals surface area contributed by atoms with Gasteiger partial charge >= 0.3 is 0 Å². The van der Waals surface area contributed by atoms with E-state index < -0.39 is 16.1 Å². The first-order valence-corrected chi connectivity index (χ1v) is 15.1. The van der Waals surface area contributed by atoms with E-state index in [1.807, 2.05) is 26.0 Å². The van der Waals surface area contributed by atoms with Gasteiger partial charge in [0.05, 0.1) is 31.5 Å². The van der Waals surface area contributed by atoms with Gasteiger partial charge in [0.1, 0.15) is 23.7 Å². The first-order valence-electron chi connectivity index (χ1n) is 13.5. The van der Waals surface area contributed by atoms with E-state index in [2.05, 4.69) is 0 Å². The van der Waals surface area contributed by atoms with Gasteiger partial charge in [-0.25, -0.2) is 12.7 Å². The molecule has 10 heteroatoms. The topological polar surface area (TPSA) is 94.6 Å². The van der Waals surface area contributed by atoms with Crippen molar-refractivity contribution in [3.63, 3.8) is 0 Å². The van der Waals surface area contributed by atoms with E-state index in [-0.39, 0.29) is 23.8 Å². The van der Waals surface area contributed by atoms with Crippen molar-refractivity contribution in [3.8, 4) is 11.5 Å². The number of hydrogen-bond acceptors (Lipinski definition) is 7. The SMILES string of the molecule is CCc1ccc(C)c(C(=O)N2CC(OC)C(Oc3cccc(CS(=O)(=O)N(C)C4CCOCC4)c3)C2)c1OC. The lowest BCUT2D eigenvalue weighted by Crippen LogP contribution is -2.41. The standard InChI is InChI=1S/C29H40N2O7S/c1-6-22-11-10-20(2)27(28(22)36-5)29(32)31-17-25(35-4)26(18-31)38-24-9-7-8-21(16-24)19-39(33,34)30(3)23-12-14-37-15-13-23/h7-11,16,23,25-26H,6,12-15,17-19H2,1-5H3. The van der Waals surface area contributed by atoms with Crippen molar-refractivity contribution >= 4 is 15.9 Å². The van der Waals surface area contributed by atoms with Crippen LogP contribution in [0.3, 0.4) is 0 Å². The Hall–Kier alpha value is -2.66. The molecule has 2 heterocycles. The monoisotopic (exact) mass is 560 g/mol. The Morgan fingerprint density at radius 1 is 1.10 bits per heavy atom. The van der Waals surface area contributed by atoms with Crippen LogP contribution in [0.1, 0.15) is 46.8 Å². The van der Waals surface area contributed by atoms with Crippen molar-refractivity contribution in [3.05, 3.63) is 58.7 Å². The summed E-state index contributed by atoms with van der Waals surface area (Å²) >= 11 is 0. The van der Waals surface area contributed by atoms with Crippen LogP contribution < -0.4 is 9.47 Å². The highest BCUT2D eigenvalue weighted by molar-refractivity contribution is 7.88. The molecule has 0 saturated carbocycles. The number of nitrogens with zero attached hydrogens (tertiary/aromatic N) is 2. The molecule has 2 aromatic rings. The summed E-state index contributed by atoms with van der Waals surface area (Å²) in [6.45, 7) is 5.81. The summed E-state index contributed by atoms with van der Waals surface area (Å²) in [4.78, 5) is 15.4. The minimum Gasteiger partial charge on any atom is -0.496 e. The maximum Gasteiger partial charge on any atom is 0.258 e. The van der Waals surface area contributed by atoms with E-state index in [9.17, 15) is 13.2 Å². The van der Waals surface area contributed by atoms with E-state index >= 15 is 0 Å². The molecule has 2 fully saturated rings. The average molecular weight is 561 g/mol. The highest BCUT2D eigenvalue weighted by Crippen LogP contribution is 2.31. The normalized spacial score (nSPS) is 20.4. The van der Waals surface area contributed by atoms with Crippen LogP contribution in [-0.2, 0) is 31.7 Å². The molecule has 9 nitrogen and oxygen atoms in total. The molecule has 2 unspecified atom stereocenters. The van der Waals surface area contributed by atoms with Crippen molar-refractivity contribution in [2.45, 2.75) is 57.1 Å². The van der Waals surface area contributed by atoms with Crippen LogP contribution in [0.25, 0.3) is 0 Å². The second-order valence-electron chi connectivity index (χ2n) is 10.2. The molecule has 214 valence electrons. The van der Waals surface area contributed by atoms with Crippen LogP contribution in [0, 0.1) is 6.92 Å². The lowest BCUT2D eigenvalue weighted by molar-refractivity contribution is 0.0339. The fourth-order valence-electron chi connectivity index (χ4n) is 5.38. The zero-order valence-corrected chi connectivity index (χ0v) is 24.3. The maximum absolute atomic E-state index is 13.6. The Balaban J connectivity index is 1.47. The molecule has 0 N–H and O–H groups in total. The highest BCUT2D eigenvalue weighted by atomic mass is 32.2. The second-order valence-corrected chi connectivity index (χ2v) is 12.2. The van der Waals surface area contributed by atoms with Crippen molar-refractivity contribution in [2.24, 2.45) is 0 Å². The predicted octanol–water partition coefficient (Wildman–Crippen LogP) is 3.43. The summed E-state index contributed by atoms with van der Waals surface area (Å²) in [6.07, 6.45) is 1.41. The largest absolute Gasteiger partial charge is 0.496 e. The Morgan fingerprint density at radius 3 is 2.49 bits per heavy atom. The summed E-state index contributed by atoms with van der Waals surface area (Å²) < 4.78 is 50.7. The maximum atomic E-state index is 13.6. The second kappa shape index (κ2) is 12.7. The summed E-state index contributed by atoms with van der Waals surface area (Å²) in [7, 11) is 1.33. The molecular weight excluding hydrogens is 520 g/mol. The van der Waals surface area contributed by atoms with Gasteiger partial charge in [0.25, 0.3) is 5.91 Å². The Labute approximate surface area is 232 Å². The van der Waals surface area contributed by atoms with Gasteiger partial charge in [0, 0.05) is 33.4 Å². The highest BCUT2D eigenvalue weighted by Gasteiger charge is 2.39. The van der Waals surface area contributed by atoms with Gasteiger partial charge in [0.2, 0.25) is 10.0 Å². The number of methoxy groups -OCH3 is 2. The quantitative estimate of drug-likeness (QED) is 0.440. The lowest BCUT2D eigenvalue weighted by atomic mass is 10.0. The van der Waals surface area contributed by atoms with Gasteiger partial charge in [0.15, 0.2) is 0 Å². The fourth-order valence-corrected chi connectivity index (χ4v) is 6.85. The number of sulfonamides is 1. The van der Waals surface area contributed by atoms with Gasteiger partial charge in [-0.1, -0.05) is 31.2 Å². The fraction of sp³-hybridized carbons (Fsp3) is 0.552. The minimum atomic E-state index is -3.51. The molecular formula is C29H40N2O7S. The number of benzene rings is 2. The van der Waals surface area contributed by atoms with Crippen molar-refractivity contribution in [2.75, 3.05) is 47.6 Å². The van der Waals surface area contributed by atoms with E-state index in [1.165, 1.54) is 4.31 Å². The van der Waals surface area contributed by atoms with Gasteiger partial charge in [-0.2, -0.15) is 0 Å². The van der Waals surface area contributed by atoms with Crippen LogP contribution in [0.5, 0.6) is 11.5 Å². The minimum absolute atomic E-state index is 0.0482. The smallest absolute Gasteiger partial charge is 0.258 e. The predicted molar refractivity (Wildman–Crippen MR) is 149 cm³/mol. The average Bonchev–Trinajstić information content (AvgIpc) is 3.35. The molecule has 2 aliphatic heterocycles. The number of amides is 1. The Bertz CT molecular complexity index is 1260. The molecule has 0 radical (unpaired) electrons. The van der Waals surface area contributed by atoms with Gasteiger partial charge < -0.3 is 23.8 Å². The molecule has 0 bridgehead atoms. The third-order valence-electron chi connectivity index (χ3n) is 7.73. The molecule has 4 rings (SSSR count). The van der Waals surface area contributed by atoms with Gasteiger partial charge in [-0.3, -0.25) is 4.79 Å². The zero-order chi connectivity index (χ0) is 28.2. The van der Waals surface area contributed by atoms with E-state index in [0.717, 1.165) is 17.5 Å². The van der Waals surface area contributed by atoms with E-state index in [1.54, 1.807) is 50.4 Å². The first kappa shape index (κ1) is 29.3. The van der Waals surface area contributed by atoms with Crippen LogP contribution in [-0.4, -0.2) is 89.4 Å². The van der Waals surface area contributed by atoms with Crippen molar-refractivity contribution < 1.29 is 32.2 Å².